The van der Waals surface area contributed by atoms with Crippen molar-refractivity contribution in [1.29, 1.82) is 0 Å². The van der Waals surface area contributed by atoms with E-state index >= 15 is 0 Å². The highest BCUT2D eigenvalue weighted by atomic mass is 35.5. The van der Waals surface area contributed by atoms with Gasteiger partial charge in [-0.2, -0.15) is 0 Å². The lowest BCUT2D eigenvalue weighted by Crippen LogP contribution is -2.46. The molecule has 1 aromatic rings. The number of hydrogen-bond donors (Lipinski definition) is 2. The van der Waals surface area contributed by atoms with E-state index in [9.17, 15) is 9.59 Å². The van der Waals surface area contributed by atoms with E-state index in [0.29, 0.717) is 19.8 Å². The van der Waals surface area contributed by atoms with Crippen LogP contribution in [0, 0.1) is 0 Å². The highest BCUT2D eigenvalue weighted by Crippen LogP contribution is 2.27. The summed E-state index contributed by atoms with van der Waals surface area (Å²) in [5, 5.41) is 9.19. The Morgan fingerprint density at radius 2 is 2.25 bits per heavy atom. The molecule has 1 fully saturated rings. The Hall–Kier alpha value is -1.79. The average molecular weight is 299 g/mol. The first-order valence-electron chi connectivity index (χ1n) is 6.14. The predicted octanol–water partition coefficient (Wildman–Crippen LogP) is 1.12. The molecule has 1 unspecified atom stereocenters. The molecule has 1 atom stereocenters. The van der Waals surface area contributed by atoms with Crippen LogP contribution in [0.3, 0.4) is 0 Å². The molecule has 0 aliphatic carbocycles. The van der Waals surface area contributed by atoms with Gasteiger partial charge in [0.15, 0.2) is 0 Å². The summed E-state index contributed by atoms with van der Waals surface area (Å²) in [6.45, 7) is 1.44. The van der Waals surface area contributed by atoms with Crippen LogP contribution in [0.5, 0.6) is 0 Å². The van der Waals surface area contributed by atoms with Gasteiger partial charge in [-0.05, 0) is 18.2 Å². The number of primary amides is 1. The maximum absolute atomic E-state index is 11.1. The minimum absolute atomic E-state index is 0.0187. The number of ether oxygens (including phenoxy) is 1. The fourth-order valence-corrected chi connectivity index (χ4v) is 2.52. The van der Waals surface area contributed by atoms with Gasteiger partial charge in [0.2, 0.25) is 5.91 Å². The Morgan fingerprint density at radius 3 is 2.85 bits per heavy atom. The van der Waals surface area contributed by atoms with E-state index in [4.69, 9.17) is 27.2 Å². The Balaban J connectivity index is 2.26. The van der Waals surface area contributed by atoms with Crippen LogP contribution in [0.1, 0.15) is 16.8 Å². The Bertz CT molecular complexity index is 535. The van der Waals surface area contributed by atoms with Crippen molar-refractivity contribution in [1.82, 2.24) is 0 Å². The molecule has 1 aliphatic rings. The molecular weight excluding hydrogens is 284 g/mol. The van der Waals surface area contributed by atoms with E-state index in [-0.39, 0.29) is 23.0 Å². The number of carbonyl (C=O) groups excluding carboxylic acids is 1. The Labute approximate surface area is 121 Å². The third-order valence-corrected chi connectivity index (χ3v) is 3.50. The smallest absolute Gasteiger partial charge is 0.305 e. The molecule has 1 heterocycles. The number of nitrogens with zero attached hydrogens (tertiary/aromatic N) is 1. The van der Waals surface area contributed by atoms with Crippen LogP contribution in [-0.2, 0) is 9.53 Å². The van der Waals surface area contributed by atoms with E-state index < -0.39 is 11.9 Å². The zero-order valence-corrected chi connectivity index (χ0v) is 11.5. The summed E-state index contributed by atoms with van der Waals surface area (Å²) in [5.41, 5.74) is 6.21. The van der Waals surface area contributed by atoms with Gasteiger partial charge in [-0.15, -0.1) is 0 Å². The molecule has 0 aromatic heterocycles. The number of hydrogen-bond acceptors (Lipinski definition) is 4. The van der Waals surface area contributed by atoms with Gasteiger partial charge in [0.05, 0.1) is 36.3 Å². The van der Waals surface area contributed by atoms with Crippen LogP contribution in [0.25, 0.3) is 0 Å². The molecule has 1 amide bonds. The van der Waals surface area contributed by atoms with E-state index in [0.717, 1.165) is 5.69 Å². The Morgan fingerprint density at radius 1 is 1.50 bits per heavy atom. The first-order valence-corrected chi connectivity index (χ1v) is 6.52. The fourth-order valence-electron chi connectivity index (χ4n) is 2.25. The summed E-state index contributed by atoms with van der Waals surface area (Å²) >= 11 is 6.02. The lowest BCUT2D eigenvalue weighted by molar-refractivity contribution is -0.138. The minimum Gasteiger partial charge on any atom is -0.481 e. The van der Waals surface area contributed by atoms with Crippen molar-refractivity contribution in [3.8, 4) is 0 Å². The largest absolute Gasteiger partial charge is 0.481 e. The first kappa shape index (κ1) is 14.6. The predicted molar refractivity (Wildman–Crippen MR) is 74.2 cm³/mol. The fraction of sp³-hybridized carbons (Fsp3) is 0.385. The maximum Gasteiger partial charge on any atom is 0.305 e. The van der Waals surface area contributed by atoms with Crippen molar-refractivity contribution >= 4 is 29.2 Å². The second kappa shape index (κ2) is 6.11. The standard InChI is InChI=1S/C13H15ClN2O4/c14-11-5-8(1-2-10(11)13(15)19)16-3-4-20-7-9(16)6-12(17)18/h1-2,5,9H,3-4,6-7H2,(H2,15,19)(H,17,18). The molecule has 0 spiro atoms. The molecule has 6 nitrogen and oxygen atoms in total. The summed E-state index contributed by atoms with van der Waals surface area (Å²) in [4.78, 5) is 24.0. The Kier molecular flexibility index (Phi) is 4.46. The number of amides is 1. The molecular formula is C13H15ClN2O4. The number of rotatable bonds is 4. The van der Waals surface area contributed by atoms with Crippen molar-refractivity contribution < 1.29 is 19.4 Å². The molecule has 7 heteroatoms. The number of carboxylic acid groups (broad SMARTS) is 1. The number of anilines is 1. The summed E-state index contributed by atoms with van der Waals surface area (Å²) in [6.07, 6.45) is -0.0187. The summed E-state index contributed by atoms with van der Waals surface area (Å²) in [6, 6.07) is 4.64. The molecule has 1 saturated heterocycles. The van der Waals surface area contributed by atoms with Gasteiger partial charge >= 0.3 is 5.97 Å². The molecule has 1 aromatic carbocycles. The van der Waals surface area contributed by atoms with Gasteiger partial charge < -0.3 is 20.5 Å². The van der Waals surface area contributed by atoms with Crippen molar-refractivity contribution in [2.24, 2.45) is 5.73 Å². The zero-order chi connectivity index (χ0) is 14.7. The molecule has 3 N–H and O–H groups in total. The van der Waals surface area contributed by atoms with Gasteiger partial charge in [0, 0.05) is 12.2 Å². The number of aliphatic carboxylic acids is 1. The quantitative estimate of drug-likeness (QED) is 0.869. The van der Waals surface area contributed by atoms with Crippen molar-refractivity contribution in [3.05, 3.63) is 28.8 Å². The highest BCUT2D eigenvalue weighted by Gasteiger charge is 2.26. The number of nitrogens with two attached hydrogens (primary N) is 1. The third kappa shape index (κ3) is 3.20. The number of carbonyl (C=O) groups is 2. The topological polar surface area (TPSA) is 92.9 Å². The molecule has 0 saturated carbocycles. The van der Waals surface area contributed by atoms with Crippen LogP contribution in [0.2, 0.25) is 5.02 Å². The first-order chi connectivity index (χ1) is 9.49. The lowest BCUT2D eigenvalue weighted by atomic mass is 10.1. The summed E-state index contributed by atoms with van der Waals surface area (Å²) < 4.78 is 5.31. The normalized spacial score (nSPS) is 18.9. The zero-order valence-electron chi connectivity index (χ0n) is 10.7. The third-order valence-electron chi connectivity index (χ3n) is 3.19. The number of benzene rings is 1. The van der Waals surface area contributed by atoms with Crippen molar-refractivity contribution in [2.75, 3.05) is 24.7 Å². The lowest BCUT2D eigenvalue weighted by Gasteiger charge is -2.36. The van der Waals surface area contributed by atoms with Gasteiger partial charge in [-0.25, -0.2) is 0 Å². The molecule has 1 aliphatic heterocycles. The van der Waals surface area contributed by atoms with E-state index in [1.54, 1.807) is 18.2 Å². The average Bonchev–Trinajstić information content (AvgIpc) is 2.38. The molecule has 2 rings (SSSR count). The van der Waals surface area contributed by atoms with E-state index in [1.807, 2.05) is 4.90 Å². The second-order valence-electron chi connectivity index (χ2n) is 4.55. The van der Waals surface area contributed by atoms with E-state index in [1.165, 1.54) is 0 Å². The number of carboxylic acids is 1. The minimum atomic E-state index is -0.884. The van der Waals surface area contributed by atoms with Crippen LogP contribution < -0.4 is 10.6 Å². The van der Waals surface area contributed by atoms with Gasteiger partial charge in [0.25, 0.3) is 0 Å². The monoisotopic (exact) mass is 298 g/mol. The number of morpholine rings is 1. The van der Waals surface area contributed by atoms with E-state index in [2.05, 4.69) is 0 Å². The molecule has 0 radical (unpaired) electrons. The van der Waals surface area contributed by atoms with Crippen molar-refractivity contribution in [3.63, 3.8) is 0 Å². The molecule has 0 bridgehead atoms. The van der Waals surface area contributed by atoms with Gasteiger partial charge in [0.1, 0.15) is 0 Å². The molecule has 20 heavy (non-hydrogen) atoms. The summed E-state index contributed by atoms with van der Waals surface area (Å²) in [7, 11) is 0. The maximum atomic E-state index is 11.1. The van der Waals surface area contributed by atoms with Gasteiger partial charge in [-0.3, -0.25) is 9.59 Å². The van der Waals surface area contributed by atoms with Crippen LogP contribution >= 0.6 is 11.6 Å². The molecule has 108 valence electrons. The second-order valence-corrected chi connectivity index (χ2v) is 4.96. The number of halogens is 1. The van der Waals surface area contributed by atoms with Crippen LogP contribution in [-0.4, -0.2) is 42.8 Å². The van der Waals surface area contributed by atoms with Gasteiger partial charge in [-0.1, -0.05) is 11.6 Å². The van der Waals surface area contributed by atoms with Crippen LogP contribution in [0.15, 0.2) is 18.2 Å². The highest BCUT2D eigenvalue weighted by molar-refractivity contribution is 6.34. The summed E-state index contributed by atoms with van der Waals surface area (Å²) in [5.74, 6) is -1.48. The van der Waals surface area contributed by atoms with Crippen molar-refractivity contribution in [2.45, 2.75) is 12.5 Å². The van der Waals surface area contributed by atoms with Crippen LogP contribution in [0.4, 0.5) is 5.69 Å². The SMILES string of the molecule is NC(=O)c1ccc(N2CCOCC2CC(=O)O)cc1Cl.